The molecule has 0 bridgehead atoms. The molecule has 0 unspecified atom stereocenters. The number of fused-ring (bicyclic) bond motifs is 2. The van der Waals surface area contributed by atoms with Crippen molar-refractivity contribution < 1.29 is 4.79 Å². The van der Waals surface area contributed by atoms with Crippen LogP contribution in [0.1, 0.15) is 22.9 Å². The maximum absolute atomic E-state index is 13.8. The molecular weight excluding hydrogens is 434 g/mol. The van der Waals surface area contributed by atoms with E-state index in [9.17, 15) is 9.59 Å². The molecule has 0 aliphatic carbocycles. The normalized spacial score (nSPS) is 14.9. The number of carbonyl (C=O) groups excluding carboxylic acids is 1. The Morgan fingerprint density at radius 3 is 2.17 bits per heavy atom. The lowest BCUT2D eigenvalue weighted by Crippen LogP contribution is -2.31. The molecule has 1 aromatic heterocycles. The molecule has 0 saturated heterocycles. The molecule has 4 aromatic carbocycles. The average Bonchev–Trinajstić information content (AvgIpc) is 3.16. The summed E-state index contributed by atoms with van der Waals surface area (Å²) >= 11 is 0. The van der Waals surface area contributed by atoms with Crippen molar-refractivity contribution in [3.63, 3.8) is 0 Å². The molecule has 170 valence electrons. The first-order valence-electron chi connectivity index (χ1n) is 11.7. The molecule has 5 nitrogen and oxygen atoms in total. The summed E-state index contributed by atoms with van der Waals surface area (Å²) in [5, 5.41) is 0.559. The Hall–Kier alpha value is -4.51. The number of anilines is 1. The van der Waals surface area contributed by atoms with Gasteiger partial charge in [0.25, 0.3) is 5.56 Å². The number of carbonyl (C=O) groups is 1. The van der Waals surface area contributed by atoms with Crippen LogP contribution in [0.5, 0.6) is 0 Å². The van der Waals surface area contributed by atoms with Crippen molar-refractivity contribution in [2.45, 2.75) is 18.9 Å². The number of hydrogen-bond donors (Lipinski definition) is 0. The Kier molecular flexibility index (Phi) is 5.23. The van der Waals surface area contributed by atoms with Gasteiger partial charge in [0.05, 0.1) is 29.1 Å². The van der Waals surface area contributed by atoms with E-state index in [1.54, 1.807) is 10.6 Å². The highest BCUT2D eigenvalue weighted by Gasteiger charge is 2.38. The zero-order valence-electron chi connectivity index (χ0n) is 19.0. The summed E-state index contributed by atoms with van der Waals surface area (Å²) in [5.74, 6) is 0.185. The molecule has 0 saturated carbocycles. The fraction of sp³-hybridized carbons (Fsp3) is 0.100. The van der Waals surface area contributed by atoms with Gasteiger partial charge in [-0.1, -0.05) is 78.9 Å². The van der Waals surface area contributed by atoms with Gasteiger partial charge in [0.1, 0.15) is 5.82 Å². The largest absolute Gasteiger partial charge is 0.307 e. The van der Waals surface area contributed by atoms with E-state index in [-0.39, 0.29) is 11.5 Å². The van der Waals surface area contributed by atoms with Gasteiger partial charge in [-0.2, -0.15) is 0 Å². The molecule has 0 N–H and O–H groups in total. The fourth-order valence-electron chi connectivity index (χ4n) is 4.94. The van der Waals surface area contributed by atoms with E-state index < -0.39 is 5.92 Å². The number of aromatic nitrogens is 2. The van der Waals surface area contributed by atoms with Crippen LogP contribution in [0.2, 0.25) is 0 Å². The SMILES string of the molecule is O=C1[C@H](Cc2nc3ccccc3c(=O)n2-c2ccccc2)c2ccccc2N1Cc1ccccc1. The Bertz CT molecular complexity index is 1590. The van der Waals surface area contributed by atoms with Crippen LogP contribution < -0.4 is 10.5 Å². The van der Waals surface area contributed by atoms with Crippen LogP contribution in [-0.2, 0) is 17.8 Å². The monoisotopic (exact) mass is 457 g/mol. The van der Waals surface area contributed by atoms with E-state index in [2.05, 4.69) is 0 Å². The third-order valence-electron chi connectivity index (χ3n) is 6.60. The highest BCUT2D eigenvalue weighted by molar-refractivity contribution is 6.05. The van der Waals surface area contributed by atoms with E-state index in [0.29, 0.717) is 29.7 Å². The summed E-state index contributed by atoms with van der Waals surface area (Å²) < 4.78 is 1.65. The van der Waals surface area contributed by atoms with Crippen LogP contribution in [0.25, 0.3) is 16.6 Å². The Labute approximate surface area is 202 Å². The number of benzene rings is 4. The highest BCUT2D eigenvalue weighted by Crippen LogP contribution is 2.40. The quantitative estimate of drug-likeness (QED) is 0.362. The van der Waals surface area contributed by atoms with Crippen LogP contribution in [0, 0.1) is 0 Å². The Morgan fingerprint density at radius 2 is 1.37 bits per heavy atom. The van der Waals surface area contributed by atoms with Gasteiger partial charge in [-0.15, -0.1) is 0 Å². The minimum absolute atomic E-state index is 0.0251. The zero-order chi connectivity index (χ0) is 23.8. The molecule has 1 aliphatic heterocycles. The summed E-state index contributed by atoms with van der Waals surface area (Å²) in [6.45, 7) is 0.504. The standard InChI is InChI=1S/C30H23N3O2/c34-29-25(23-15-8-10-18-27(23)32(29)20-21-11-3-1-4-12-21)19-28-31-26-17-9-7-16-24(26)30(35)33(28)22-13-5-2-6-14-22/h1-18,25H,19-20H2/t25-/m1/s1. The number of rotatable bonds is 5. The second kappa shape index (κ2) is 8.69. The van der Waals surface area contributed by atoms with Gasteiger partial charge in [-0.3, -0.25) is 14.2 Å². The molecule has 2 heterocycles. The van der Waals surface area contributed by atoms with Crippen LogP contribution in [0.4, 0.5) is 5.69 Å². The van der Waals surface area contributed by atoms with Gasteiger partial charge in [-0.25, -0.2) is 4.98 Å². The van der Waals surface area contributed by atoms with Crippen molar-refractivity contribution in [1.29, 1.82) is 0 Å². The van der Waals surface area contributed by atoms with E-state index in [1.165, 1.54) is 0 Å². The molecule has 35 heavy (non-hydrogen) atoms. The van der Waals surface area contributed by atoms with Crippen molar-refractivity contribution in [3.8, 4) is 5.69 Å². The third kappa shape index (κ3) is 3.71. The predicted octanol–water partition coefficient (Wildman–Crippen LogP) is 5.26. The van der Waals surface area contributed by atoms with E-state index in [1.807, 2.05) is 108 Å². The lowest BCUT2D eigenvalue weighted by molar-refractivity contribution is -0.119. The van der Waals surface area contributed by atoms with Crippen molar-refractivity contribution in [2.75, 3.05) is 4.90 Å². The predicted molar refractivity (Wildman–Crippen MR) is 138 cm³/mol. The first-order valence-corrected chi connectivity index (χ1v) is 11.7. The Balaban J connectivity index is 1.46. The molecule has 1 aliphatic rings. The van der Waals surface area contributed by atoms with Crippen molar-refractivity contribution >= 4 is 22.5 Å². The van der Waals surface area contributed by atoms with E-state index in [0.717, 1.165) is 22.5 Å². The third-order valence-corrected chi connectivity index (χ3v) is 6.60. The second-order valence-electron chi connectivity index (χ2n) is 8.75. The molecule has 5 heteroatoms. The summed E-state index contributed by atoms with van der Waals surface area (Å²) in [6, 6.07) is 34.8. The summed E-state index contributed by atoms with van der Waals surface area (Å²) in [7, 11) is 0. The van der Waals surface area contributed by atoms with Gasteiger partial charge < -0.3 is 4.90 Å². The van der Waals surface area contributed by atoms with Crippen molar-refractivity contribution in [3.05, 3.63) is 136 Å². The summed E-state index contributed by atoms with van der Waals surface area (Å²) in [6.07, 6.45) is 0.329. The number of nitrogens with zero attached hydrogens (tertiary/aromatic N) is 3. The molecule has 0 radical (unpaired) electrons. The molecular formula is C30H23N3O2. The van der Waals surface area contributed by atoms with Crippen LogP contribution >= 0.6 is 0 Å². The smallest absolute Gasteiger partial charge is 0.265 e. The Morgan fingerprint density at radius 1 is 0.714 bits per heavy atom. The molecule has 0 fully saturated rings. The molecule has 6 rings (SSSR count). The zero-order valence-corrected chi connectivity index (χ0v) is 19.0. The molecule has 1 amide bonds. The number of hydrogen-bond acceptors (Lipinski definition) is 3. The van der Waals surface area contributed by atoms with Gasteiger partial charge in [-0.05, 0) is 41.5 Å². The molecule has 5 aromatic rings. The minimum atomic E-state index is -0.419. The first kappa shape index (κ1) is 21.1. The van der Waals surface area contributed by atoms with Gasteiger partial charge in [0.2, 0.25) is 5.91 Å². The lowest BCUT2D eigenvalue weighted by atomic mass is 9.96. The first-order chi connectivity index (χ1) is 17.2. The van der Waals surface area contributed by atoms with E-state index in [4.69, 9.17) is 4.98 Å². The molecule has 0 spiro atoms. The van der Waals surface area contributed by atoms with Gasteiger partial charge in [0.15, 0.2) is 0 Å². The lowest BCUT2D eigenvalue weighted by Gasteiger charge is -2.19. The summed E-state index contributed by atoms with van der Waals surface area (Å²) in [5.41, 5.74) is 4.21. The van der Waals surface area contributed by atoms with Crippen LogP contribution in [0.15, 0.2) is 114 Å². The van der Waals surface area contributed by atoms with Gasteiger partial charge in [0, 0.05) is 12.1 Å². The maximum Gasteiger partial charge on any atom is 0.265 e. The second-order valence-corrected chi connectivity index (χ2v) is 8.75. The topological polar surface area (TPSA) is 55.2 Å². The number of amides is 1. The van der Waals surface area contributed by atoms with Gasteiger partial charge >= 0.3 is 0 Å². The van der Waals surface area contributed by atoms with Crippen LogP contribution in [-0.4, -0.2) is 15.5 Å². The minimum Gasteiger partial charge on any atom is -0.307 e. The van der Waals surface area contributed by atoms with E-state index >= 15 is 0 Å². The molecule has 1 atom stereocenters. The number of para-hydroxylation sites is 3. The van der Waals surface area contributed by atoms with Crippen molar-refractivity contribution in [2.24, 2.45) is 0 Å². The maximum atomic E-state index is 13.8. The average molecular weight is 458 g/mol. The summed E-state index contributed by atoms with van der Waals surface area (Å²) in [4.78, 5) is 34.1. The van der Waals surface area contributed by atoms with Crippen molar-refractivity contribution in [1.82, 2.24) is 9.55 Å². The van der Waals surface area contributed by atoms with Crippen LogP contribution in [0.3, 0.4) is 0 Å². The highest BCUT2D eigenvalue weighted by atomic mass is 16.2. The fourth-order valence-corrected chi connectivity index (χ4v) is 4.94.